The van der Waals surface area contributed by atoms with Gasteiger partial charge in [-0.25, -0.2) is 4.39 Å². The summed E-state index contributed by atoms with van der Waals surface area (Å²) in [7, 11) is 1.89. The normalized spacial score (nSPS) is 12.4. The zero-order chi connectivity index (χ0) is 13.8. The van der Waals surface area contributed by atoms with Crippen molar-refractivity contribution in [3.05, 3.63) is 64.7 Å². The Kier molecular flexibility index (Phi) is 4.27. The Labute approximate surface area is 113 Å². The van der Waals surface area contributed by atoms with Crippen molar-refractivity contribution >= 4 is 0 Å². The number of aromatic nitrogens is 1. The van der Waals surface area contributed by atoms with E-state index in [1.165, 1.54) is 0 Å². The van der Waals surface area contributed by atoms with E-state index in [0.717, 1.165) is 23.2 Å². The van der Waals surface area contributed by atoms with Crippen LogP contribution in [0.2, 0.25) is 0 Å². The number of pyridine rings is 1. The summed E-state index contributed by atoms with van der Waals surface area (Å²) in [4.78, 5) is 4.40. The lowest BCUT2D eigenvalue weighted by molar-refractivity contribution is 0.568. The van der Waals surface area contributed by atoms with Gasteiger partial charge in [-0.2, -0.15) is 0 Å². The van der Waals surface area contributed by atoms with Gasteiger partial charge in [-0.05, 0) is 49.7 Å². The lowest BCUT2D eigenvalue weighted by atomic mass is 9.98. The highest BCUT2D eigenvalue weighted by atomic mass is 19.1. The van der Waals surface area contributed by atoms with Crippen molar-refractivity contribution in [3.8, 4) is 0 Å². The number of nitrogens with one attached hydrogen (secondary N) is 1. The standard InChI is InChI=1S/C16H19FN2/c1-11-6-7-13(9-14(11)17)16(18-3)10-15-12(2)5-4-8-19-15/h4-9,16,18H,10H2,1-3H3. The van der Waals surface area contributed by atoms with Crippen molar-refractivity contribution in [2.24, 2.45) is 0 Å². The topological polar surface area (TPSA) is 24.9 Å². The predicted octanol–water partition coefficient (Wildman–Crippen LogP) is 3.34. The van der Waals surface area contributed by atoms with Gasteiger partial charge in [-0.1, -0.05) is 18.2 Å². The number of hydrogen-bond donors (Lipinski definition) is 1. The van der Waals surface area contributed by atoms with Crippen LogP contribution in [-0.2, 0) is 6.42 Å². The van der Waals surface area contributed by atoms with Gasteiger partial charge < -0.3 is 5.32 Å². The van der Waals surface area contributed by atoms with E-state index >= 15 is 0 Å². The van der Waals surface area contributed by atoms with Crippen LogP contribution in [0.4, 0.5) is 4.39 Å². The Morgan fingerprint density at radius 3 is 2.63 bits per heavy atom. The maximum atomic E-state index is 13.7. The van der Waals surface area contributed by atoms with Crippen LogP contribution in [0.15, 0.2) is 36.5 Å². The molecule has 100 valence electrons. The molecule has 0 aliphatic rings. The maximum absolute atomic E-state index is 13.7. The minimum Gasteiger partial charge on any atom is -0.313 e. The van der Waals surface area contributed by atoms with E-state index in [0.29, 0.717) is 5.56 Å². The summed E-state index contributed by atoms with van der Waals surface area (Å²) in [5.74, 6) is -0.157. The molecule has 2 rings (SSSR count). The molecule has 1 aromatic heterocycles. The SMILES string of the molecule is CNC(Cc1ncccc1C)c1ccc(C)c(F)c1. The average Bonchev–Trinajstić information content (AvgIpc) is 2.41. The predicted molar refractivity (Wildman–Crippen MR) is 75.6 cm³/mol. The van der Waals surface area contributed by atoms with Gasteiger partial charge in [0, 0.05) is 24.4 Å². The molecular weight excluding hydrogens is 239 g/mol. The number of halogens is 1. The van der Waals surface area contributed by atoms with Crippen molar-refractivity contribution in [3.63, 3.8) is 0 Å². The molecule has 2 nitrogen and oxygen atoms in total. The second kappa shape index (κ2) is 5.93. The van der Waals surface area contributed by atoms with Crippen molar-refractivity contribution < 1.29 is 4.39 Å². The molecule has 0 fully saturated rings. The second-order valence-electron chi connectivity index (χ2n) is 4.82. The minimum absolute atomic E-state index is 0.0729. The van der Waals surface area contributed by atoms with Gasteiger partial charge in [0.15, 0.2) is 0 Å². The Morgan fingerprint density at radius 1 is 1.21 bits per heavy atom. The smallest absolute Gasteiger partial charge is 0.126 e. The molecule has 0 saturated carbocycles. The lowest BCUT2D eigenvalue weighted by Gasteiger charge is -2.17. The third-order valence-corrected chi connectivity index (χ3v) is 3.46. The summed E-state index contributed by atoms with van der Waals surface area (Å²) in [6.07, 6.45) is 2.55. The fourth-order valence-electron chi connectivity index (χ4n) is 2.14. The third-order valence-electron chi connectivity index (χ3n) is 3.46. The summed E-state index contributed by atoms with van der Waals surface area (Å²) >= 11 is 0. The molecule has 1 unspecified atom stereocenters. The summed E-state index contributed by atoms with van der Waals surface area (Å²) in [6.45, 7) is 3.82. The summed E-state index contributed by atoms with van der Waals surface area (Å²) in [5.41, 5.74) is 3.83. The Balaban J connectivity index is 2.25. The number of nitrogens with zero attached hydrogens (tertiary/aromatic N) is 1. The number of aryl methyl sites for hydroxylation is 2. The van der Waals surface area contributed by atoms with Crippen LogP contribution in [0, 0.1) is 19.7 Å². The first-order valence-electron chi connectivity index (χ1n) is 6.45. The molecule has 0 amide bonds. The zero-order valence-corrected chi connectivity index (χ0v) is 11.6. The van der Waals surface area contributed by atoms with E-state index in [-0.39, 0.29) is 11.9 Å². The molecule has 2 aromatic rings. The van der Waals surface area contributed by atoms with Gasteiger partial charge in [0.25, 0.3) is 0 Å². The zero-order valence-electron chi connectivity index (χ0n) is 11.6. The highest BCUT2D eigenvalue weighted by Gasteiger charge is 2.13. The van der Waals surface area contributed by atoms with Gasteiger partial charge in [0.1, 0.15) is 5.82 Å². The minimum atomic E-state index is -0.157. The van der Waals surface area contributed by atoms with Crippen LogP contribution in [0.3, 0.4) is 0 Å². The number of likely N-dealkylation sites (N-methyl/N-ethyl adjacent to an activating group) is 1. The Hall–Kier alpha value is -1.74. The highest BCUT2D eigenvalue weighted by Crippen LogP contribution is 2.21. The average molecular weight is 258 g/mol. The van der Waals surface area contributed by atoms with Gasteiger partial charge in [0.2, 0.25) is 0 Å². The molecule has 1 N–H and O–H groups in total. The molecule has 1 heterocycles. The first-order chi connectivity index (χ1) is 9.11. The number of benzene rings is 1. The molecule has 0 bridgehead atoms. The van der Waals surface area contributed by atoms with Crippen LogP contribution in [0.25, 0.3) is 0 Å². The van der Waals surface area contributed by atoms with E-state index in [4.69, 9.17) is 0 Å². The molecule has 0 spiro atoms. The van der Waals surface area contributed by atoms with Gasteiger partial charge in [0.05, 0.1) is 0 Å². The van der Waals surface area contributed by atoms with Crippen molar-refractivity contribution in [1.29, 1.82) is 0 Å². The van der Waals surface area contributed by atoms with Crippen LogP contribution >= 0.6 is 0 Å². The van der Waals surface area contributed by atoms with Crippen molar-refractivity contribution in [2.45, 2.75) is 26.3 Å². The highest BCUT2D eigenvalue weighted by molar-refractivity contribution is 5.28. The van der Waals surface area contributed by atoms with Gasteiger partial charge in [-0.3, -0.25) is 4.98 Å². The van der Waals surface area contributed by atoms with Crippen molar-refractivity contribution in [2.75, 3.05) is 7.05 Å². The van der Waals surface area contributed by atoms with Crippen LogP contribution < -0.4 is 5.32 Å². The fraction of sp³-hybridized carbons (Fsp3) is 0.312. The molecule has 0 saturated heterocycles. The Bertz CT molecular complexity index is 566. The van der Waals surface area contributed by atoms with Crippen LogP contribution in [0.5, 0.6) is 0 Å². The molecule has 0 aliphatic heterocycles. The van der Waals surface area contributed by atoms with Crippen LogP contribution in [-0.4, -0.2) is 12.0 Å². The number of hydrogen-bond acceptors (Lipinski definition) is 2. The maximum Gasteiger partial charge on any atom is 0.126 e. The Morgan fingerprint density at radius 2 is 2.00 bits per heavy atom. The molecular formula is C16H19FN2. The quantitative estimate of drug-likeness (QED) is 0.909. The summed E-state index contributed by atoms with van der Waals surface area (Å²) in [6, 6.07) is 9.44. The van der Waals surface area contributed by atoms with Crippen LogP contribution in [0.1, 0.15) is 28.4 Å². The molecule has 3 heteroatoms. The molecule has 1 aromatic carbocycles. The second-order valence-corrected chi connectivity index (χ2v) is 4.82. The first kappa shape index (κ1) is 13.7. The first-order valence-corrected chi connectivity index (χ1v) is 6.45. The number of rotatable bonds is 4. The van der Waals surface area contributed by atoms with E-state index in [1.807, 2.05) is 38.2 Å². The molecule has 1 atom stereocenters. The summed E-state index contributed by atoms with van der Waals surface area (Å²) in [5, 5.41) is 3.23. The van der Waals surface area contributed by atoms with Gasteiger partial charge in [-0.15, -0.1) is 0 Å². The molecule has 19 heavy (non-hydrogen) atoms. The van der Waals surface area contributed by atoms with Gasteiger partial charge >= 0.3 is 0 Å². The van der Waals surface area contributed by atoms with E-state index < -0.39 is 0 Å². The van der Waals surface area contributed by atoms with E-state index in [9.17, 15) is 4.39 Å². The lowest BCUT2D eigenvalue weighted by Crippen LogP contribution is -2.20. The molecule has 0 aliphatic carbocycles. The third kappa shape index (κ3) is 3.18. The van der Waals surface area contributed by atoms with E-state index in [2.05, 4.69) is 10.3 Å². The largest absolute Gasteiger partial charge is 0.313 e. The fourth-order valence-corrected chi connectivity index (χ4v) is 2.14. The molecule has 0 radical (unpaired) electrons. The van der Waals surface area contributed by atoms with E-state index in [1.54, 1.807) is 19.2 Å². The van der Waals surface area contributed by atoms with Crippen molar-refractivity contribution in [1.82, 2.24) is 10.3 Å². The monoisotopic (exact) mass is 258 g/mol. The summed E-state index contributed by atoms with van der Waals surface area (Å²) < 4.78 is 13.7.